The Kier molecular flexibility index (Phi) is 4.65. The predicted molar refractivity (Wildman–Crippen MR) is 77.9 cm³/mol. The van der Waals surface area contributed by atoms with Crippen LogP contribution in [0.15, 0.2) is 36.4 Å². The van der Waals surface area contributed by atoms with E-state index in [1.807, 2.05) is 0 Å². The quantitative estimate of drug-likeness (QED) is 0.694. The van der Waals surface area contributed by atoms with Crippen LogP contribution in [0.4, 0.5) is 10.1 Å². The summed E-state index contributed by atoms with van der Waals surface area (Å²) in [5.41, 5.74) is 6.59. The van der Waals surface area contributed by atoms with Crippen LogP contribution in [-0.4, -0.2) is 13.1 Å². The molecule has 2 aromatic carbocycles. The highest BCUT2D eigenvalue weighted by atomic mass is 35.5. The Hall–Kier alpha value is -2.27. The molecule has 21 heavy (non-hydrogen) atoms. The molecule has 0 amide bonds. The minimum Gasteiger partial charge on any atom is -0.488 e. The Morgan fingerprint density at radius 3 is 2.81 bits per heavy atom. The summed E-state index contributed by atoms with van der Waals surface area (Å²) in [4.78, 5) is 11.7. The van der Waals surface area contributed by atoms with Crippen LogP contribution in [0.2, 0.25) is 5.02 Å². The third-order valence-corrected chi connectivity index (χ3v) is 3.21. The molecule has 0 spiro atoms. The molecule has 0 radical (unpaired) electrons. The third-order valence-electron chi connectivity index (χ3n) is 2.84. The van der Waals surface area contributed by atoms with Gasteiger partial charge in [0.15, 0.2) is 0 Å². The first-order valence-corrected chi connectivity index (χ1v) is 6.44. The van der Waals surface area contributed by atoms with Gasteiger partial charge in [-0.05, 0) is 30.3 Å². The monoisotopic (exact) mass is 309 g/mol. The van der Waals surface area contributed by atoms with Gasteiger partial charge in [0.05, 0.1) is 7.11 Å². The van der Waals surface area contributed by atoms with E-state index in [4.69, 9.17) is 22.1 Å². The van der Waals surface area contributed by atoms with Crippen molar-refractivity contribution in [3.8, 4) is 5.75 Å². The fourth-order valence-electron chi connectivity index (χ4n) is 1.80. The highest BCUT2D eigenvalue weighted by Crippen LogP contribution is 2.27. The van der Waals surface area contributed by atoms with E-state index in [0.717, 1.165) is 0 Å². The van der Waals surface area contributed by atoms with Gasteiger partial charge < -0.3 is 15.2 Å². The molecule has 2 rings (SSSR count). The lowest BCUT2D eigenvalue weighted by atomic mass is 10.1. The number of nitrogen functional groups attached to an aromatic ring is 1. The summed E-state index contributed by atoms with van der Waals surface area (Å²) in [7, 11) is 1.25. The highest BCUT2D eigenvalue weighted by Gasteiger charge is 2.17. The van der Waals surface area contributed by atoms with Gasteiger partial charge in [-0.25, -0.2) is 9.18 Å². The summed E-state index contributed by atoms with van der Waals surface area (Å²) in [6, 6.07) is 8.75. The second-order valence-corrected chi connectivity index (χ2v) is 4.64. The van der Waals surface area contributed by atoms with E-state index in [-0.39, 0.29) is 23.6 Å². The molecule has 4 nitrogen and oxygen atoms in total. The minimum absolute atomic E-state index is 0.00401. The summed E-state index contributed by atoms with van der Waals surface area (Å²) in [6.07, 6.45) is 0. The SMILES string of the molecule is COC(=O)c1c(N)cccc1OCc1cc(F)ccc1Cl. The standard InChI is InChI=1S/C15H13ClFNO3/c1-20-15(19)14-12(18)3-2-4-13(14)21-8-9-7-10(17)5-6-11(9)16/h2-7H,8,18H2,1H3. The number of hydrogen-bond acceptors (Lipinski definition) is 4. The number of carbonyl (C=O) groups excluding carboxylic acids is 1. The summed E-state index contributed by atoms with van der Waals surface area (Å²) >= 11 is 5.96. The number of anilines is 1. The summed E-state index contributed by atoms with van der Waals surface area (Å²) in [6.45, 7) is 0.00401. The zero-order valence-electron chi connectivity index (χ0n) is 11.2. The Morgan fingerprint density at radius 1 is 1.33 bits per heavy atom. The minimum atomic E-state index is -0.603. The van der Waals surface area contributed by atoms with Crippen LogP contribution in [-0.2, 0) is 11.3 Å². The maximum Gasteiger partial charge on any atom is 0.343 e. The molecule has 0 unspecified atom stereocenters. The molecule has 2 N–H and O–H groups in total. The van der Waals surface area contributed by atoms with Crippen molar-refractivity contribution in [3.05, 3.63) is 58.4 Å². The molecule has 0 aliphatic rings. The van der Waals surface area contributed by atoms with E-state index in [1.54, 1.807) is 18.2 Å². The molecule has 0 fully saturated rings. The van der Waals surface area contributed by atoms with Crippen molar-refractivity contribution in [2.24, 2.45) is 0 Å². The lowest BCUT2D eigenvalue weighted by Gasteiger charge is -2.12. The van der Waals surface area contributed by atoms with E-state index in [2.05, 4.69) is 4.74 Å². The molecule has 0 bridgehead atoms. The molecule has 0 aliphatic carbocycles. The topological polar surface area (TPSA) is 61.5 Å². The Bertz CT molecular complexity index is 676. The van der Waals surface area contributed by atoms with Gasteiger partial charge in [0.25, 0.3) is 0 Å². The van der Waals surface area contributed by atoms with E-state index >= 15 is 0 Å². The number of nitrogens with two attached hydrogens (primary N) is 1. The van der Waals surface area contributed by atoms with E-state index in [0.29, 0.717) is 10.6 Å². The van der Waals surface area contributed by atoms with E-state index in [9.17, 15) is 9.18 Å². The number of rotatable bonds is 4. The van der Waals surface area contributed by atoms with Gasteiger partial charge in [-0.2, -0.15) is 0 Å². The summed E-state index contributed by atoms with van der Waals surface area (Å²) < 4.78 is 23.4. The van der Waals surface area contributed by atoms with Crippen LogP contribution < -0.4 is 10.5 Å². The van der Waals surface area contributed by atoms with Crippen molar-refractivity contribution in [3.63, 3.8) is 0 Å². The molecule has 0 heterocycles. The molecule has 0 aliphatic heterocycles. The molecule has 6 heteroatoms. The van der Waals surface area contributed by atoms with E-state index < -0.39 is 11.8 Å². The third kappa shape index (κ3) is 3.44. The summed E-state index contributed by atoms with van der Waals surface area (Å²) in [5, 5.41) is 0.375. The molecule has 0 atom stereocenters. The largest absolute Gasteiger partial charge is 0.488 e. The van der Waals surface area contributed by atoms with E-state index in [1.165, 1.54) is 25.3 Å². The number of halogens is 2. The number of ether oxygens (including phenoxy) is 2. The first-order valence-electron chi connectivity index (χ1n) is 6.06. The number of benzene rings is 2. The van der Waals surface area contributed by atoms with Crippen molar-refractivity contribution < 1.29 is 18.7 Å². The fraction of sp³-hybridized carbons (Fsp3) is 0.133. The average molecular weight is 310 g/mol. The molecule has 0 saturated heterocycles. The molecule has 0 aromatic heterocycles. The summed E-state index contributed by atoms with van der Waals surface area (Å²) in [5.74, 6) is -0.769. The van der Waals surface area contributed by atoms with Gasteiger partial charge in [0.2, 0.25) is 0 Å². The second-order valence-electron chi connectivity index (χ2n) is 4.24. The zero-order chi connectivity index (χ0) is 15.4. The first-order chi connectivity index (χ1) is 10.0. The molecule has 2 aromatic rings. The second kappa shape index (κ2) is 6.45. The van der Waals surface area contributed by atoms with Crippen molar-refractivity contribution in [1.29, 1.82) is 0 Å². The molecule has 0 saturated carbocycles. The first kappa shape index (κ1) is 15.1. The number of hydrogen-bond donors (Lipinski definition) is 1. The lowest BCUT2D eigenvalue weighted by Crippen LogP contribution is -2.09. The average Bonchev–Trinajstić information content (AvgIpc) is 2.47. The van der Waals surface area contributed by atoms with Crippen LogP contribution >= 0.6 is 11.6 Å². The highest BCUT2D eigenvalue weighted by molar-refractivity contribution is 6.31. The number of methoxy groups -OCH3 is 1. The molecular weight excluding hydrogens is 297 g/mol. The predicted octanol–water partition coefficient (Wildman–Crippen LogP) is 3.43. The van der Waals surface area contributed by atoms with Crippen molar-refractivity contribution >= 4 is 23.3 Å². The number of esters is 1. The van der Waals surface area contributed by atoms with Crippen molar-refractivity contribution in [2.45, 2.75) is 6.61 Å². The normalized spacial score (nSPS) is 10.2. The van der Waals surface area contributed by atoms with Gasteiger partial charge in [-0.1, -0.05) is 17.7 Å². The van der Waals surface area contributed by atoms with Crippen molar-refractivity contribution in [2.75, 3.05) is 12.8 Å². The van der Waals surface area contributed by atoms with Crippen LogP contribution in [0.5, 0.6) is 5.75 Å². The molecular formula is C15H13ClFNO3. The van der Waals surface area contributed by atoms with Gasteiger partial charge in [0, 0.05) is 16.3 Å². The lowest BCUT2D eigenvalue weighted by molar-refractivity contribution is 0.0597. The molecule has 110 valence electrons. The van der Waals surface area contributed by atoms with Gasteiger partial charge in [-0.15, -0.1) is 0 Å². The van der Waals surface area contributed by atoms with Gasteiger partial charge in [0.1, 0.15) is 23.7 Å². The van der Waals surface area contributed by atoms with Crippen molar-refractivity contribution in [1.82, 2.24) is 0 Å². The Labute approximate surface area is 126 Å². The smallest absolute Gasteiger partial charge is 0.343 e. The maximum absolute atomic E-state index is 13.2. The van der Waals surface area contributed by atoms with Crippen LogP contribution in [0.1, 0.15) is 15.9 Å². The fourth-order valence-corrected chi connectivity index (χ4v) is 1.97. The zero-order valence-corrected chi connectivity index (χ0v) is 12.0. The van der Waals surface area contributed by atoms with Crippen LogP contribution in [0.25, 0.3) is 0 Å². The van der Waals surface area contributed by atoms with Crippen LogP contribution in [0, 0.1) is 5.82 Å². The Balaban J connectivity index is 2.26. The Morgan fingerprint density at radius 2 is 2.10 bits per heavy atom. The van der Waals surface area contributed by atoms with Gasteiger partial charge >= 0.3 is 5.97 Å². The number of carbonyl (C=O) groups is 1. The van der Waals surface area contributed by atoms with Gasteiger partial charge in [-0.3, -0.25) is 0 Å². The maximum atomic E-state index is 13.2. The van der Waals surface area contributed by atoms with Crippen LogP contribution in [0.3, 0.4) is 0 Å².